The first-order valence-electron chi connectivity index (χ1n) is 9.23. The molecule has 136 valence electrons. The number of rotatable bonds is 6. The zero-order valence-electron chi connectivity index (χ0n) is 15.4. The third-order valence-corrected chi connectivity index (χ3v) is 5.09. The minimum absolute atomic E-state index is 0.0192. The molecule has 0 saturated carbocycles. The van der Waals surface area contributed by atoms with Gasteiger partial charge in [0.2, 0.25) is 5.91 Å². The largest absolute Gasteiger partial charge is 0.359 e. The molecule has 0 aliphatic carbocycles. The summed E-state index contributed by atoms with van der Waals surface area (Å²) in [5.74, 6) is -0.126. The number of benzene rings is 2. The van der Waals surface area contributed by atoms with Crippen LogP contribution in [0.15, 0.2) is 54.6 Å². The van der Waals surface area contributed by atoms with E-state index in [0.29, 0.717) is 12.5 Å². The fourth-order valence-electron chi connectivity index (χ4n) is 3.54. The molecule has 0 radical (unpaired) electrons. The van der Waals surface area contributed by atoms with Crippen LogP contribution in [-0.2, 0) is 22.4 Å². The van der Waals surface area contributed by atoms with E-state index < -0.39 is 6.04 Å². The highest BCUT2D eigenvalue weighted by molar-refractivity contribution is 5.89. The van der Waals surface area contributed by atoms with E-state index in [1.54, 1.807) is 0 Å². The summed E-state index contributed by atoms with van der Waals surface area (Å²) in [5.41, 5.74) is 3.46. The van der Waals surface area contributed by atoms with Gasteiger partial charge in [-0.05, 0) is 50.3 Å². The Morgan fingerprint density at radius 1 is 1.12 bits per heavy atom. The Balaban J connectivity index is 1.68. The molecule has 0 unspecified atom stereocenters. The van der Waals surface area contributed by atoms with Crippen molar-refractivity contribution in [2.24, 2.45) is 0 Å². The molecule has 0 spiro atoms. The Bertz CT molecular complexity index is 773. The van der Waals surface area contributed by atoms with E-state index in [4.69, 9.17) is 0 Å². The number of Topliss-reactive ketones (excluding diaryl/α,β-unsaturated/α-hetero) is 1. The summed E-state index contributed by atoms with van der Waals surface area (Å²) in [7, 11) is 0. The molecule has 26 heavy (non-hydrogen) atoms. The summed E-state index contributed by atoms with van der Waals surface area (Å²) in [6.07, 6.45) is 2.60. The lowest BCUT2D eigenvalue weighted by Crippen LogP contribution is -2.49. The number of carbonyl (C=O) groups is 2. The first-order valence-corrected chi connectivity index (χ1v) is 9.23. The van der Waals surface area contributed by atoms with Crippen LogP contribution in [0.3, 0.4) is 0 Å². The Kier molecular flexibility index (Phi) is 5.71. The Morgan fingerprint density at radius 3 is 2.54 bits per heavy atom. The molecule has 1 N–H and O–H groups in total. The maximum atomic E-state index is 12.7. The monoisotopic (exact) mass is 350 g/mol. The van der Waals surface area contributed by atoms with Crippen LogP contribution >= 0.6 is 0 Å². The predicted octanol–water partition coefficient (Wildman–Crippen LogP) is 3.14. The highest BCUT2D eigenvalue weighted by Crippen LogP contribution is 2.29. The lowest BCUT2D eigenvalue weighted by molar-refractivity contribution is -0.126. The van der Waals surface area contributed by atoms with Gasteiger partial charge in [-0.25, -0.2) is 0 Å². The van der Waals surface area contributed by atoms with Crippen molar-refractivity contribution >= 4 is 17.4 Å². The van der Waals surface area contributed by atoms with Gasteiger partial charge in [0.15, 0.2) is 5.78 Å². The SMILES string of the molecule is CC(=O)[C@H](Cc1ccccc1)NC(=O)CN1c2ccccc2CC[C@@H]1C. The third-order valence-electron chi connectivity index (χ3n) is 5.09. The minimum Gasteiger partial charge on any atom is -0.359 e. The second-order valence-electron chi connectivity index (χ2n) is 7.06. The number of ketones is 1. The van der Waals surface area contributed by atoms with Crippen LogP contribution < -0.4 is 10.2 Å². The Morgan fingerprint density at radius 2 is 1.81 bits per heavy atom. The Hall–Kier alpha value is -2.62. The molecule has 1 amide bonds. The summed E-state index contributed by atoms with van der Waals surface area (Å²) in [5, 5.41) is 2.93. The van der Waals surface area contributed by atoms with Crippen molar-refractivity contribution < 1.29 is 9.59 Å². The van der Waals surface area contributed by atoms with E-state index in [2.05, 4.69) is 29.3 Å². The fourth-order valence-corrected chi connectivity index (χ4v) is 3.54. The number of nitrogens with zero attached hydrogens (tertiary/aromatic N) is 1. The van der Waals surface area contributed by atoms with Crippen LogP contribution in [0.4, 0.5) is 5.69 Å². The van der Waals surface area contributed by atoms with Crippen LogP contribution in [0.2, 0.25) is 0 Å². The quantitative estimate of drug-likeness (QED) is 0.871. The maximum absolute atomic E-state index is 12.7. The van der Waals surface area contributed by atoms with Gasteiger partial charge in [0, 0.05) is 11.7 Å². The zero-order chi connectivity index (χ0) is 18.5. The lowest BCUT2D eigenvalue weighted by atomic mass is 9.96. The topological polar surface area (TPSA) is 49.4 Å². The predicted molar refractivity (Wildman–Crippen MR) is 104 cm³/mol. The molecule has 1 heterocycles. The highest BCUT2D eigenvalue weighted by atomic mass is 16.2. The molecular formula is C22H26N2O2. The number of fused-ring (bicyclic) bond motifs is 1. The molecule has 0 saturated heterocycles. The second-order valence-corrected chi connectivity index (χ2v) is 7.06. The van der Waals surface area contributed by atoms with Gasteiger partial charge in [-0.3, -0.25) is 9.59 Å². The lowest BCUT2D eigenvalue weighted by Gasteiger charge is -2.36. The molecule has 1 aliphatic rings. The molecule has 0 aromatic heterocycles. The molecule has 4 heteroatoms. The van der Waals surface area contributed by atoms with Crippen molar-refractivity contribution in [3.63, 3.8) is 0 Å². The minimum atomic E-state index is -0.486. The van der Waals surface area contributed by atoms with Crippen molar-refractivity contribution in [2.45, 2.75) is 45.2 Å². The normalized spacial score (nSPS) is 17.3. The van der Waals surface area contributed by atoms with Gasteiger partial charge < -0.3 is 10.2 Å². The van der Waals surface area contributed by atoms with Gasteiger partial charge in [0.05, 0.1) is 12.6 Å². The van der Waals surface area contributed by atoms with E-state index in [9.17, 15) is 9.59 Å². The van der Waals surface area contributed by atoms with Crippen molar-refractivity contribution in [1.29, 1.82) is 0 Å². The summed E-state index contributed by atoms with van der Waals surface area (Å²) >= 11 is 0. The smallest absolute Gasteiger partial charge is 0.240 e. The summed E-state index contributed by atoms with van der Waals surface area (Å²) < 4.78 is 0. The average molecular weight is 350 g/mol. The van der Waals surface area contributed by atoms with Crippen LogP contribution in [0.5, 0.6) is 0 Å². The number of hydrogen-bond acceptors (Lipinski definition) is 3. The van der Waals surface area contributed by atoms with E-state index >= 15 is 0 Å². The molecule has 2 atom stereocenters. The van der Waals surface area contributed by atoms with Crippen LogP contribution in [0.1, 0.15) is 31.4 Å². The molecular weight excluding hydrogens is 324 g/mol. The third kappa shape index (κ3) is 4.31. The second kappa shape index (κ2) is 8.17. The average Bonchev–Trinajstić information content (AvgIpc) is 2.64. The Labute approximate surface area is 155 Å². The molecule has 1 aliphatic heterocycles. The molecule has 2 aromatic rings. The van der Waals surface area contributed by atoms with E-state index in [0.717, 1.165) is 24.1 Å². The number of hydrogen-bond donors (Lipinski definition) is 1. The van der Waals surface area contributed by atoms with Crippen molar-refractivity contribution in [3.05, 3.63) is 65.7 Å². The summed E-state index contributed by atoms with van der Waals surface area (Å²) in [4.78, 5) is 26.8. The van der Waals surface area contributed by atoms with Crippen molar-refractivity contribution in [2.75, 3.05) is 11.4 Å². The van der Waals surface area contributed by atoms with E-state index in [1.165, 1.54) is 12.5 Å². The van der Waals surface area contributed by atoms with Gasteiger partial charge in [0.1, 0.15) is 0 Å². The number of aryl methyl sites for hydroxylation is 1. The number of amides is 1. The van der Waals surface area contributed by atoms with Crippen molar-refractivity contribution in [1.82, 2.24) is 5.32 Å². The maximum Gasteiger partial charge on any atom is 0.240 e. The van der Waals surface area contributed by atoms with Crippen molar-refractivity contribution in [3.8, 4) is 0 Å². The number of anilines is 1. The van der Waals surface area contributed by atoms with Gasteiger partial charge in [-0.2, -0.15) is 0 Å². The van der Waals surface area contributed by atoms with Gasteiger partial charge in [0.25, 0.3) is 0 Å². The van der Waals surface area contributed by atoms with E-state index in [1.807, 2.05) is 42.5 Å². The molecule has 2 aromatic carbocycles. The summed E-state index contributed by atoms with van der Waals surface area (Å²) in [6, 6.07) is 17.9. The first kappa shape index (κ1) is 18.2. The molecule has 3 rings (SSSR count). The number of para-hydroxylation sites is 1. The van der Waals surface area contributed by atoms with Crippen LogP contribution in [-0.4, -0.2) is 30.3 Å². The summed E-state index contributed by atoms with van der Waals surface area (Å²) in [6.45, 7) is 3.96. The number of nitrogens with one attached hydrogen (secondary N) is 1. The zero-order valence-corrected chi connectivity index (χ0v) is 15.4. The van der Waals surface area contributed by atoms with Crippen LogP contribution in [0, 0.1) is 0 Å². The fraction of sp³-hybridized carbons (Fsp3) is 0.364. The molecule has 4 nitrogen and oxygen atoms in total. The van der Waals surface area contributed by atoms with E-state index in [-0.39, 0.29) is 18.2 Å². The van der Waals surface area contributed by atoms with Gasteiger partial charge in [-0.1, -0.05) is 48.5 Å². The van der Waals surface area contributed by atoms with Gasteiger partial charge >= 0.3 is 0 Å². The van der Waals surface area contributed by atoms with Crippen LogP contribution in [0.25, 0.3) is 0 Å². The highest BCUT2D eigenvalue weighted by Gasteiger charge is 2.26. The first-order chi connectivity index (χ1) is 12.5. The van der Waals surface area contributed by atoms with Gasteiger partial charge in [-0.15, -0.1) is 0 Å². The standard InChI is InChI=1S/C22H26N2O2/c1-16-12-13-19-10-6-7-11-21(19)24(16)15-22(26)23-20(17(2)25)14-18-8-4-3-5-9-18/h3-11,16,20H,12-15H2,1-2H3,(H,23,26)/t16-,20-/m0/s1. The molecule has 0 bridgehead atoms. The molecule has 0 fully saturated rings. The number of carbonyl (C=O) groups excluding carboxylic acids is 2.